The molecule has 0 bridgehead atoms. The van der Waals surface area contributed by atoms with Crippen LogP contribution in [-0.4, -0.2) is 32.3 Å². The van der Waals surface area contributed by atoms with E-state index in [0.29, 0.717) is 28.6 Å². The molecular formula is C25H22F3N5O. The minimum Gasteiger partial charge on any atom is -0.296 e. The predicted octanol–water partition coefficient (Wildman–Crippen LogP) is 5.74. The first-order chi connectivity index (χ1) is 16.3. The molecule has 5 rings (SSSR count). The molecule has 6 nitrogen and oxygen atoms in total. The number of halogens is 3. The summed E-state index contributed by atoms with van der Waals surface area (Å²) in [6, 6.07) is 8.68. The van der Waals surface area contributed by atoms with Crippen molar-refractivity contribution in [1.29, 1.82) is 0 Å². The van der Waals surface area contributed by atoms with Gasteiger partial charge in [-0.15, -0.1) is 0 Å². The molecule has 0 unspecified atom stereocenters. The molecule has 1 aliphatic carbocycles. The van der Waals surface area contributed by atoms with E-state index in [-0.39, 0.29) is 11.6 Å². The first-order valence-electron chi connectivity index (χ1n) is 11.1. The van der Waals surface area contributed by atoms with Crippen LogP contribution < -0.4 is 4.90 Å². The number of imidazole rings is 1. The Labute approximate surface area is 194 Å². The molecule has 34 heavy (non-hydrogen) atoms. The van der Waals surface area contributed by atoms with Crippen LogP contribution in [0.3, 0.4) is 0 Å². The average Bonchev–Trinajstić information content (AvgIpc) is 3.53. The van der Waals surface area contributed by atoms with Gasteiger partial charge in [0.25, 0.3) is 5.91 Å². The van der Waals surface area contributed by atoms with E-state index in [2.05, 4.69) is 15.0 Å². The number of hydrogen-bond acceptors (Lipinski definition) is 4. The van der Waals surface area contributed by atoms with Gasteiger partial charge in [0.05, 0.1) is 17.5 Å². The van der Waals surface area contributed by atoms with Crippen LogP contribution in [0.5, 0.6) is 0 Å². The number of hydrogen-bond donors (Lipinski definition) is 0. The van der Waals surface area contributed by atoms with Crippen LogP contribution in [0, 0.1) is 0 Å². The number of benzene rings is 1. The molecule has 0 radical (unpaired) electrons. The van der Waals surface area contributed by atoms with Crippen molar-refractivity contribution in [3.05, 3.63) is 78.0 Å². The number of amides is 1. The lowest BCUT2D eigenvalue weighted by atomic mass is 10.00. The van der Waals surface area contributed by atoms with Gasteiger partial charge < -0.3 is 0 Å². The van der Waals surface area contributed by atoms with Crippen molar-refractivity contribution in [3.63, 3.8) is 0 Å². The minimum atomic E-state index is -4.41. The van der Waals surface area contributed by atoms with Crippen molar-refractivity contribution in [2.24, 2.45) is 0 Å². The predicted molar refractivity (Wildman–Crippen MR) is 122 cm³/mol. The summed E-state index contributed by atoms with van der Waals surface area (Å²) in [7, 11) is 1.63. The lowest BCUT2D eigenvalue weighted by Gasteiger charge is -2.17. The smallest absolute Gasteiger partial charge is 0.296 e. The molecule has 0 spiro atoms. The van der Waals surface area contributed by atoms with Gasteiger partial charge in [-0.25, -0.2) is 15.0 Å². The Morgan fingerprint density at radius 2 is 1.74 bits per heavy atom. The maximum atomic E-state index is 13.2. The van der Waals surface area contributed by atoms with E-state index in [1.54, 1.807) is 17.6 Å². The summed E-state index contributed by atoms with van der Waals surface area (Å²) in [6.07, 6.45) is 6.85. The Bertz CT molecular complexity index is 1320. The number of aromatic nitrogens is 4. The van der Waals surface area contributed by atoms with Crippen LogP contribution in [0.25, 0.3) is 16.9 Å². The van der Waals surface area contributed by atoms with Crippen molar-refractivity contribution in [3.8, 4) is 11.3 Å². The third kappa shape index (κ3) is 4.02. The van der Waals surface area contributed by atoms with E-state index in [9.17, 15) is 18.0 Å². The molecule has 0 N–H and O–H groups in total. The van der Waals surface area contributed by atoms with E-state index >= 15 is 0 Å². The van der Waals surface area contributed by atoms with Crippen molar-refractivity contribution in [2.75, 3.05) is 11.9 Å². The molecule has 4 aromatic rings. The highest BCUT2D eigenvalue weighted by atomic mass is 19.4. The average molecular weight is 465 g/mol. The number of alkyl halides is 3. The van der Waals surface area contributed by atoms with Crippen LogP contribution in [0.2, 0.25) is 0 Å². The zero-order valence-corrected chi connectivity index (χ0v) is 18.5. The fourth-order valence-electron chi connectivity index (χ4n) is 4.47. The molecule has 1 fully saturated rings. The number of rotatable bonds is 4. The zero-order chi connectivity index (χ0) is 23.9. The van der Waals surface area contributed by atoms with Crippen molar-refractivity contribution in [1.82, 2.24) is 19.4 Å². The number of pyridine rings is 1. The zero-order valence-electron chi connectivity index (χ0n) is 18.5. The summed E-state index contributed by atoms with van der Waals surface area (Å²) in [5.41, 5.74) is 2.01. The second-order valence-electron chi connectivity index (χ2n) is 8.48. The number of fused-ring (bicyclic) bond motifs is 1. The fourth-order valence-corrected chi connectivity index (χ4v) is 4.47. The monoisotopic (exact) mass is 465 g/mol. The van der Waals surface area contributed by atoms with E-state index < -0.39 is 11.7 Å². The highest BCUT2D eigenvalue weighted by Gasteiger charge is 2.30. The summed E-state index contributed by atoms with van der Waals surface area (Å²) < 4.78 is 40.3. The Morgan fingerprint density at radius 1 is 1.00 bits per heavy atom. The molecule has 3 aromatic heterocycles. The van der Waals surface area contributed by atoms with Crippen molar-refractivity contribution in [2.45, 2.75) is 37.8 Å². The van der Waals surface area contributed by atoms with Gasteiger partial charge in [-0.1, -0.05) is 31.0 Å². The first kappa shape index (κ1) is 22.1. The van der Waals surface area contributed by atoms with Gasteiger partial charge in [-0.05, 0) is 42.5 Å². The minimum absolute atomic E-state index is 0.129. The standard InChI is InChI=1S/C25H22F3N5O/c1-32(21-11-8-18(14-30-21)16-4-2-3-5-16)24(34)22-23-31-15-20(33(23)13-12-29-22)17-6-9-19(10-7-17)25(26,27)28/h6-16H,2-5H2,1H3. The van der Waals surface area contributed by atoms with Gasteiger partial charge in [0, 0.05) is 31.2 Å². The normalized spacial score (nSPS) is 14.6. The maximum absolute atomic E-state index is 13.2. The maximum Gasteiger partial charge on any atom is 0.416 e. The third-order valence-electron chi connectivity index (χ3n) is 6.38. The fraction of sp³-hybridized carbons (Fsp3) is 0.280. The van der Waals surface area contributed by atoms with E-state index in [0.717, 1.165) is 12.1 Å². The quantitative estimate of drug-likeness (QED) is 0.385. The third-order valence-corrected chi connectivity index (χ3v) is 6.38. The van der Waals surface area contributed by atoms with E-state index in [1.165, 1.54) is 60.7 Å². The summed E-state index contributed by atoms with van der Waals surface area (Å²) in [5.74, 6) is 0.660. The van der Waals surface area contributed by atoms with Crippen LogP contribution in [-0.2, 0) is 6.18 Å². The van der Waals surface area contributed by atoms with Crippen LogP contribution >= 0.6 is 0 Å². The molecule has 1 saturated carbocycles. The van der Waals surface area contributed by atoms with Crippen molar-refractivity contribution < 1.29 is 18.0 Å². The second kappa shape index (κ2) is 8.55. The Balaban J connectivity index is 1.43. The summed E-state index contributed by atoms with van der Waals surface area (Å²) >= 11 is 0. The van der Waals surface area contributed by atoms with E-state index in [4.69, 9.17) is 0 Å². The second-order valence-corrected chi connectivity index (χ2v) is 8.48. The van der Waals surface area contributed by atoms with Gasteiger partial charge in [-0.3, -0.25) is 14.1 Å². The highest BCUT2D eigenvalue weighted by Crippen LogP contribution is 2.34. The van der Waals surface area contributed by atoms with Gasteiger partial charge >= 0.3 is 6.18 Å². The van der Waals surface area contributed by atoms with Crippen LogP contribution in [0.4, 0.5) is 19.0 Å². The summed E-state index contributed by atoms with van der Waals surface area (Å²) in [5, 5.41) is 0. The summed E-state index contributed by atoms with van der Waals surface area (Å²) in [6.45, 7) is 0. The van der Waals surface area contributed by atoms with E-state index in [1.807, 2.05) is 18.3 Å². The Hall–Kier alpha value is -3.75. The lowest BCUT2D eigenvalue weighted by Crippen LogP contribution is -2.28. The molecule has 0 saturated heterocycles. The lowest BCUT2D eigenvalue weighted by molar-refractivity contribution is -0.137. The molecule has 3 heterocycles. The number of carbonyl (C=O) groups excluding carboxylic acids is 1. The molecule has 1 aromatic carbocycles. The number of carbonyl (C=O) groups is 1. The van der Waals surface area contributed by atoms with Crippen LogP contribution in [0.1, 0.15) is 53.2 Å². The van der Waals surface area contributed by atoms with Gasteiger partial charge in [-0.2, -0.15) is 13.2 Å². The van der Waals surface area contributed by atoms with Gasteiger partial charge in [0.1, 0.15) is 5.82 Å². The Morgan fingerprint density at radius 3 is 2.38 bits per heavy atom. The molecule has 0 atom stereocenters. The molecule has 174 valence electrons. The molecular weight excluding hydrogens is 443 g/mol. The SMILES string of the molecule is CN(C(=O)c1nccn2c(-c3ccc(C(F)(F)F)cc3)cnc12)c1ccc(C2CCCC2)cn1. The van der Waals surface area contributed by atoms with Gasteiger partial charge in [0.2, 0.25) is 0 Å². The molecule has 0 aliphatic heterocycles. The van der Waals surface area contributed by atoms with Crippen molar-refractivity contribution >= 4 is 17.4 Å². The summed E-state index contributed by atoms with van der Waals surface area (Å²) in [4.78, 5) is 27.7. The van der Waals surface area contributed by atoms with Gasteiger partial charge in [0.15, 0.2) is 11.3 Å². The first-order valence-corrected chi connectivity index (χ1v) is 11.1. The highest BCUT2D eigenvalue weighted by molar-refractivity contribution is 6.07. The Kier molecular flexibility index (Phi) is 5.55. The molecule has 1 amide bonds. The molecule has 9 heteroatoms. The molecule has 1 aliphatic rings. The van der Waals surface area contributed by atoms with Crippen LogP contribution in [0.15, 0.2) is 61.2 Å². The number of anilines is 1. The number of nitrogens with zero attached hydrogens (tertiary/aromatic N) is 5. The largest absolute Gasteiger partial charge is 0.416 e. The topological polar surface area (TPSA) is 63.4 Å².